The Morgan fingerprint density at radius 2 is 1.88 bits per heavy atom. The minimum Gasteiger partial charge on any atom is -0.306 e. The average Bonchev–Trinajstić information content (AvgIpc) is 2.39. The highest BCUT2D eigenvalue weighted by Gasteiger charge is 2.26. The summed E-state index contributed by atoms with van der Waals surface area (Å²) in [5.41, 5.74) is 0.654. The normalized spacial score (nSPS) is 18.0. The molecule has 0 atom stereocenters. The van der Waals surface area contributed by atoms with E-state index >= 15 is 0 Å². The summed E-state index contributed by atoms with van der Waals surface area (Å²) < 4.78 is 1.38. The van der Waals surface area contributed by atoms with Crippen LogP contribution in [0, 0.1) is 0 Å². The van der Waals surface area contributed by atoms with Gasteiger partial charge in [0.25, 0.3) is 5.91 Å². The maximum Gasteiger partial charge on any atom is 0.268 e. The highest BCUT2D eigenvalue weighted by molar-refractivity contribution is 6.24. The molecule has 0 spiro atoms. The average molecular weight is 253 g/mol. The van der Waals surface area contributed by atoms with Gasteiger partial charge in [-0.15, -0.1) is 0 Å². The van der Waals surface area contributed by atoms with Crippen LogP contribution in [0.3, 0.4) is 0 Å². The first kappa shape index (κ1) is 12.4. The number of nitrogens with zero attached hydrogens (tertiary/aromatic N) is 2. The van der Waals surface area contributed by atoms with Crippen molar-refractivity contribution in [1.29, 1.82) is 0 Å². The number of benzene rings is 1. The molecule has 92 valence electrons. The monoisotopic (exact) mass is 252 g/mol. The molecule has 1 aliphatic rings. The van der Waals surface area contributed by atoms with Crippen molar-refractivity contribution in [2.45, 2.75) is 18.9 Å². The topological polar surface area (TPSA) is 23.6 Å². The van der Waals surface area contributed by atoms with Gasteiger partial charge in [-0.05, 0) is 45.1 Å². The highest BCUT2D eigenvalue weighted by Crippen LogP contribution is 2.20. The van der Waals surface area contributed by atoms with E-state index in [2.05, 4.69) is 11.9 Å². The molecule has 1 aromatic rings. The van der Waals surface area contributed by atoms with Gasteiger partial charge in [-0.2, -0.15) is 0 Å². The highest BCUT2D eigenvalue weighted by atomic mass is 35.5. The van der Waals surface area contributed by atoms with Crippen molar-refractivity contribution in [2.75, 3.05) is 20.1 Å². The Labute approximate surface area is 107 Å². The summed E-state index contributed by atoms with van der Waals surface area (Å²) in [5, 5.41) is 0. The Kier molecular flexibility index (Phi) is 4.02. The fraction of sp³-hybridized carbons (Fsp3) is 0.462. The van der Waals surface area contributed by atoms with Crippen LogP contribution >= 0.6 is 11.8 Å². The Morgan fingerprint density at radius 1 is 1.29 bits per heavy atom. The molecule has 0 saturated carbocycles. The van der Waals surface area contributed by atoms with Gasteiger partial charge < -0.3 is 4.90 Å². The lowest BCUT2D eigenvalue weighted by Crippen LogP contribution is -2.42. The first-order valence-electron chi connectivity index (χ1n) is 5.91. The predicted molar refractivity (Wildman–Crippen MR) is 69.0 cm³/mol. The second kappa shape index (κ2) is 5.52. The number of likely N-dealkylation sites (tertiary alicyclic amines) is 1. The Bertz CT molecular complexity index is 374. The third-order valence-electron chi connectivity index (χ3n) is 3.22. The number of hydrogen-bond donors (Lipinski definition) is 0. The van der Waals surface area contributed by atoms with Crippen LogP contribution in [0.15, 0.2) is 30.3 Å². The summed E-state index contributed by atoms with van der Waals surface area (Å²) in [6.07, 6.45) is 1.89. The number of rotatable bonds is 2. The zero-order chi connectivity index (χ0) is 12.3. The predicted octanol–water partition coefficient (Wildman–Crippen LogP) is 2.38. The van der Waals surface area contributed by atoms with Gasteiger partial charge in [-0.1, -0.05) is 18.2 Å². The minimum atomic E-state index is -0.0955. The molecule has 0 aliphatic carbocycles. The number of hydrogen-bond acceptors (Lipinski definition) is 2. The third-order valence-corrected chi connectivity index (χ3v) is 3.65. The molecule has 0 aromatic heterocycles. The molecule has 1 fully saturated rings. The summed E-state index contributed by atoms with van der Waals surface area (Å²) in [4.78, 5) is 14.4. The van der Waals surface area contributed by atoms with Gasteiger partial charge in [0.2, 0.25) is 0 Å². The van der Waals surface area contributed by atoms with Crippen molar-refractivity contribution in [1.82, 2.24) is 9.32 Å². The van der Waals surface area contributed by atoms with Crippen LogP contribution in [-0.4, -0.2) is 41.4 Å². The number of amides is 1. The lowest BCUT2D eigenvalue weighted by Gasteiger charge is -2.33. The second-order valence-corrected chi connectivity index (χ2v) is 4.88. The molecule has 2 rings (SSSR count). The Morgan fingerprint density at radius 3 is 2.47 bits per heavy atom. The molecule has 0 N–H and O–H groups in total. The van der Waals surface area contributed by atoms with Crippen molar-refractivity contribution < 1.29 is 4.79 Å². The van der Waals surface area contributed by atoms with E-state index in [0.717, 1.165) is 25.9 Å². The van der Waals surface area contributed by atoms with Crippen molar-refractivity contribution in [3.63, 3.8) is 0 Å². The van der Waals surface area contributed by atoms with E-state index in [1.807, 2.05) is 18.2 Å². The van der Waals surface area contributed by atoms with Crippen LogP contribution in [0.2, 0.25) is 0 Å². The molecule has 4 heteroatoms. The number of carbonyl (C=O) groups is 1. The summed E-state index contributed by atoms with van der Waals surface area (Å²) in [6, 6.07) is 9.35. The second-order valence-electron chi connectivity index (χ2n) is 4.52. The maximum absolute atomic E-state index is 12.1. The van der Waals surface area contributed by atoms with Gasteiger partial charge in [-0.25, -0.2) is 4.42 Å². The fourth-order valence-electron chi connectivity index (χ4n) is 2.09. The molecule has 0 unspecified atom stereocenters. The van der Waals surface area contributed by atoms with E-state index in [0.29, 0.717) is 5.56 Å². The third kappa shape index (κ3) is 2.99. The van der Waals surface area contributed by atoms with E-state index in [1.54, 1.807) is 12.1 Å². The molecule has 17 heavy (non-hydrogen) atoms. The molecule has 1 heterocycles. The van der Waals surface area contributed by atoms with Gasteiger partial charge in [0.15, 0.2) is 0 Å². The lowest BCUT2D eigenvalue weighted by molar-refractivity contribution is 0.0776. The SMILES string of the molecule is CN1CCC(N(Cl)C(=O)c2ccccc2)CC1. The van der Waals surface area contributed by atoms with Crippen LogP contribution < -0.4 is 0 Å². The van der Waals surface area contributed by atoms with Crippen LogP contribution in [-0.2, 0) is 0 Å². The Hall–Kier alpha value is -1.06. The molecule has 1 saturated heterocycles. The lowest BCUT2D eigenvalue weighted by atomic mass is 10.0. The van der Waals surface area contributed by atoms with Gasteiger partial charge in [-0.3, -0.25) is 4.79 Å². The van der Waals surface area contributed by atoms with Crippen molar-refractivity contribution in [3.05, 3.63) is 35.9 Å². The standard InChI is InChI=1S/C13H17ClN2O/c1-15-9-7-12(8-10-15)16(14)13(17)11-5-3-2-4-6-11/h2-6,12H,7-10H2,1H3. The molecule has 1 aliphatic heterocycles. The van der Waals surface area contributed by atoms with E-state index in [1.165, 1.54) is 4.42 Å². The molecular weight excluding hydrogens is 236 g/mol. The first-order chi connectivity index (χ1) is 8.18. The maximum atomic E-state index is 12.1. The van der Waals surface area contributed by atoms with Gasteiger partial charge in [0.05, 0.1) is 6.04 Å². The molecular formula is C13H17ClN2O. The van der Waals surface area contributed by atoms with Crippen LogP contribution in [0.25, 0.3) is 0 Å². The zero-order valence-electron chi connectivity index (χ0n) is 9.97. The first-order valence-corrected chi connectivity index (χ1v) is 6.25. The van der Waals surface area contributed by atoms with Crippen molar-refractivity contribution in [3.8, 4) is 0 Å². The molecule has 1 amide bonds. The van der Waals surface area contributed by atoms with E-state index < -0.39 is 0 Å². The van der Waals surface area contributed by atoms with Crippen LogP contribution in [0.4, 0.5) is 0 Å². The number of carbonyl (C=O) groups excluding carboxylic acids is 1. The van der Waals surface area contributed by atoms with Crippen molar-refractivity contribution in [2.24, 2.45) is 0 Å². The minimum absolute atomic E-state index is 0.0955. The Balaban J connectivity index is 2.00. The smallest absolute Gasteiger partial charge is 0.268 e. The van der Waals surface area contributed by atoms with E-state index in [-0.39, 0.29) is 11.9 Å². The van der Waals surface area contributed by atoms with E-state index in [4.69, 9.17) is 11.8 Å². The molecule has 1 aromatic carbocycles. The van der Waals surface area contributed by atoms with Gasteiger partial charge in [0, 0.05) is 17.3 Å². The number of piperidine rings is 1. The summed E-state index contributed by atoms with van der Waals surface area (Å²) in [6.45, 7) is 1.99. The van der Waals surface area contributed by atoms with Crippen molar-refractivity contribution >= 4 is 17.7 Å². The summed E-state index contributed by atoms with van der Waals surface area (Å²) in [7, 11) is 2.09. The van der Waals surface area contributed by atoms with Crippen LogP contribution in [0.1, 0.15) is 23.2 Å². The summed E-state index contributed by atoms with van der Waals surface area (Å²) in [5.74, 6) is -0.0955. The summed E-state index contributed by atoms with van der Waals surface area (Å²) >= 11 is 6.16. The quantitative estimate of drug-likeness (QED) is 0.755. The van der Waals surface area contributed by atoms with Crippen LogP contribution in [0.5, 0.6) is 0 Å². The van der Waals surface area contributed by atoms with Gasteiger partial charge in [0.1, 0.15) is 0 Å². The zero-order valence-corrected chi connectivity index (χ0v) is 10.7. The molecule has 0 radical (unpaired) electrons. The number of halogens is 1. The van der Waals surface area contributed by atoms with Gasteiger partial charge >= 0.3 is 0 Å². The fourth-order valence-corrected chi connectivity index (χ4v) is 2.38. The molecule has 3 nitrogen and oxygen atoms in total. The largest absolute Gasteiger partial charge is 0.306 e. The molecule has 0 bridgehead atoms. The van der Waals surface area contributed by atoms with E-state index in [9.17, 15) is 4.79 Å².